The van der Waals surface area contributed by atoms with Gasteiger partial charge in [-0.05, 0) is 44.2 Å². The molecule has 1 saturated carbocycles. The van der Waals surface area contributed by atoms with Gasteiger partial charge in [-0.2, -0.15) is 0 Å². The summed E-state index contributed by atoms with van der Waals surface area (Å²) < 4.78 is 0. The molecular formula is C15H23N3. The number of hydrogen-bond acceptors (Lipinski definition) is 3. The first-order valence-corrected chi connectivity index (χ1v) is 7.23. The lowest BCUT2D eigenvalue weighted by atomic mass is 9.83. The summed E-state index contributed by atoms with van der Waals surface area (Å²) in [6.45, 7) is 2.32. The van der Waals surface area contributed by atoms with Gasteiger partial charge in [0.05, 0.1) is 0 Å². The highest BCUT2D eigenvalue weighted by molar-refractivity contribution is 5.10. The van der Waals surface area contributed by atoms with Crippen LogP contribution >= 0.6 is 0 Å². The maximum Gasteiger partial charge on any atom is 0.0434 e. The van der Waals surface area contributed by atoms with E-state index in [-0.39, 0.29) is 0 Å². The molecule has 3 nitrogen and oxygen atoms in total. The molecular weight excluding hydrogens is 222 g/mol. The highest BCUT2D eigenvalue weighted by atomic mass is 15.2. The largest absolute Gasteiger partial charge is 0.326 e. The third-order valence-electron chi connectivity index (χ3n) is 4.58. The Morgan fingerprint density at radius 3 is 2.56 bits per heavy atom. The van der Waals surface area contributed by atoms with Crippen LogP contribution in [0.2, 0.25) is 0 Å². The molecule has 2 aliphatic rings. The minimum atomic E-state index is 0.415. The first-order valence-electron chi connectivity index (χ1n) is 7.23. The molecule has 1 aromatic heterocycles. The lowest BCUT2D eigenvalue weighted by Gasteiger charge is -2.34. The van der Waals surface area contributed by atoms with Crippen LogP contribution in [0, 0.1) is 0 Å². The summed E-state index contributed by atoms with van der Waals surface area (Å²) in [5.74, 6) is 0.679. The fourth-order valence-corrected chi connectivity index (χ4v) is 3.50. The first-order chi connectivity index (χ1) is 8.83. The van der Waals surface area contributed by atoms with Gasteiger partial charge in [0.1, 0.15) is 0 Å². The second kappa shape index (κ2) is 5.37. The minimum absolute atomic E-state index is 0.415. The van der Waals surface area contributed by atoms with Crippen molar-refractivity contribution in [3.63, 3.8) is 0 Å². The van der Waals surface area contributed by atoms with Crippen molar-refractivity contribution < 1.29 is 0 Å². The van der Waals surface area contributed by atoms with Gasteiger partial charge < -0.3 is 5.73 Å². The number of likely N-dealkylation sites (tertiary alicyclic amines) is 1. The van der Waals surface area contributed by atoms with Gasteiger partial charge in [-0.1, -0.05) is 6.07 Å². The molecule has 18 heavy (non-hydrogen) atoms. The maximum absolute atomic E-state index is 6.00. The van der Waals surface area contributed by atoms with Crippen LogP contribution < -0.4 is 5.73 Å². The number of nitrogens with zero attached hydrogens (tertiary/aromatic N) is 2. The van der Waals surface area contributed by atoms with E-state index in [1.807, 2.05) is 12.3 Å². The van der Waals surface area contributed by atoms with E-state index in [1.54, 1.807) is 0 Å². The monoisotopic (exact) mass is 245 g/mol. The lowest BCUT2D eigenvalue weighted by molar-refractivity contribution is 0.179. The van der Waals surface area contributed by atoms with Crippen LogP contribution in [0.3, 0.4) is 0 Å². The number of hydrogen-bond donors (Lipinski definition) is 1. The van der Waals surface area contributed by atoms with Crippen molar-refractivity contribution in [1.29, 1.82) is 0 Å². The summed E-state index contributed by atoms with van der Waals surface area (Å²) in [5.41, 5.74) is 7.28. The predicted octanol–water partition coefficient (Wildman–Crippen LogP) is 2.14. The Balaban J connectivity index is 1.55. The summed E-state index contributed by atoms with van der Waals surface area (Å²) >= 11 is 0. The Hall–Kier alpha value is -0.930. The van der Waals surface area contributed by atoms with Gasteiger partial charge in [-0.3, -0.25) is 9.88 Å². The van der Waals surface area contributed by atoms with E-state index in [1.165, 1.54) is 44.3 Å². The van der Waals surface area contributed by atoms with Gasteiger partial charge in [0.2, 0.25) is 0 Å². The Morgan fingerprint density at radius 2 is 1.94 bits per heavy atom. The molecule has 0 bridgehead atoms. The molecule has 2 fully saturated rings. The Kier molecular flexibility index (Phi) is 3.62. The summed E-state index contributed by atoms with van der Waals surface area (Å²) in [7, 11) is 0. The standard InChI is InChI=1S/C15H23N3/c16-13-8-10-18(11-13)14-6-4-12(5-7-14)15-3-1-2-9-17-15/h1-3,9,12-14H,4-8,10-11,16H2/t12-,13-,14-/m1/s1. The fourth-order valence-electron chi connectivity index (χ4n) is 3.50. The molecule has 2 N–H and O–H groups in total. The molecule has 1 aromatic rings. The molecule has 0 unspecified atom stereocenters. The number of rotatable bonds is 2. The summed E-state index contributed by atoms with van der Waals surface area (Å²) in [4.78, 5) is 7.11. The smallest absolute Gasteiger partial charge is 0.0434 e. The minimum Gasteiger partial charge on any atom is -0.326 e. The maximum atomic E-state index is 6.00. The Morgan fingerprint density at radius 1 is 1.11 bits per heavy atom. The molecule has 1 aliphatic heterocycles. The van der Waals surface area contributed by atoms with E-state index in [0.717, 1.165) is 12.6 Å². The van der Waals surface area contributed by atoms with E-state index in [0.29, 0.717) is 12.0 Å². The van der Waals surface area contributed by atoms with Crippen LogP contribution in [0.1, 0.15) is 43.7 Å². The van der Waals surface area contributed by atoms with E-state index in [9.17, 15) is 0 Å². The van der Waals surface area contributed by atoms with Crippen molar-refractivity contribution in [1.82, 2.24) is 9.88 Å². The topological polar surface area (TPSA) is 42.1 Å². The first kappa shape index (κ1) is 12.1. The quantitative estimate of drug-likeness (QED) is 0.868. The number of pyridine rings is 1. The molecule has 1 saturated heterocycles. The molecule has 1 atom stereocenters. The van der Waals surface area contributed by atoms with Crippen molar-refractivity contribution in [3.8, 4) is 0 Å². The van der Waals surface area contributed by atoms with Gasteiger partial charge >= 0.3 is 0 Å². The molecule has 0 spiro atoms. The van der Waals surface area contributed by atoms with Crippen molar-refractivity contribution in [2.24, 2.45) is 5.73 Å². The third-order valence-corrected chi connectivity index (χ3v) is 4.58. The Labute approximate surface area is 109 Å². The highest BCUT2D eigenvalue weighted by Gasteiger charge is 2.30. The van der Waals surface area contributed by atoms with Crippen LogP contribution in [-0.4, -0.2) is 35.1 Å². The number of aromatic nitrogens is 1. The van der Waals surface area contributed by atoms with Crippen LogP contribution in [0.25, 0.3) is 0 Å². The predicted molar refractivity (Wildman–Crippen MR) is 73.4 cm³/mol. The van der Waals surface area contributed by atoms with E-state index in [2.05, 4.69) is 22.0 Å². The highest BCUT2D eigenvalue weighted by Crippen LogP contribution is 2.34. The molecule has 0 amide bonds. The zero-order valence-corrected chi connectivity index (χ0v) is 11.0. The lowest BCUT2D eigenvalue weighted by Crippen LogP contribution is -2.37. The van der Waals surface area contributed by atoms with Crippen molar-refractivity contribution in [2.45, 2.75) is 50.1 Å². The van der Waals surface area contributed by atoms with E-state index < -0.39 is 0 Å². The SMILES string of the molecule is N[C@@H]1CCN([C@H]2CC[C@H](c3ccccn3)CC2)C1. The normalized spacial score (nSPS) is 33.7. The molecule has 98 valence electrons. The summed E-state index contributed by atoms with van der Waals surface area (Å²) in [6.07, 6.45) is 8.30. The second-order valence-corrected chi connectivity index (χ2v) is 5.80. The van der Waals surface area contributed by atoms with E-state index in [4.69, 9.17) is 5.73 Å². The second-order valence-electron chi connectivity index (χ2n) is 5.80. The summed E-state index contributed by atoms with van der Waals surface area (Å²) in [6, 6.07) is 7.47. The van der Waals surface area contributed by atoms with Crippen LogP contribution in [0.15, 0.2) is 24.4 Å². The van der Waals surface area contributed by atoms with Gasteiger partial charge in [-0.15, -0.1) is 0 Å². The van der Waals surface area contributed by atoms with Crippen LogP contribution in [0.5, 0.6) is 0 Å². The Bertz CT molecular complexity index is 371. The van der Waals surface area contributed by atoms with Gasteiger partial charge in [0, 0.05) is 43.0 Å². The number of nitrogens with two attached hydrogens (primary N) is 1. The van der Waals surface area contributed by atoms with Crippen LogP contribution in [-0.2, 0) is 0 Å². The molecule has 0 radical (unpaired) electrons. The van der Waals surface area contributed by atoms with Gasteiger partial charge in [0.25, 0.3) is 0 Å². The molecule has 1 aliphatic carbocycles. The fraction of sp³-hybridized carbons (Fsp3) is 0.667. The average Bonchev–Trinajstić information content (AvgIpc) is 2.87. The van der Waals surface area contributed by atoms with Crippen molar-refractivity contribution >= 4 is 0 Å². The van der Waals surface area contributed by atoms with E-state index >= 15 is 0 Å². The molecule has 3 heteroatoms. The molecule has 2 heterocycles. The van der Waals surface area contributed by atoms with Crippen molar-refractivity contribution in [3.05, 3.63) is 30.1 Å². The molecule has 0 aromatic carbocycles. The van der Waals surface area contributed by atoms with Crippen LogP contribution in [0.4, 0.5) is 0 Å². The zero-order chi connectivity index (χ0) is 12.4. The zero-order valence-electron chi connectivity index (χ0n) is 11.0. The third kappa shape index (κ3) is 2.57. The average molecular weight is 245 g/mol. The van der Waals surface area contributed by atoms with Crippen molar-refractivity contribution in [2.75, 3.05) is 13.1 Å². The summed E-state index contributed by atoms with van der Waals surface area (Å²) in [5, 5.41) is 0. The van der Waals surface area contributed by atoms with Gasteiger partial charge in [0.15, 0.2) is 0 Å². The van der Waals surface area contributed by atoms with Gasteiger partial charge in [-0.25, -0.2) is 0 Å². The molecule has 3 rings (SSSR count).